The number of aryl methyl sites for hydroxylation is 1. The Balaban J connectivity index is 2.92. The quantitative estimate of drug-likeness (QED) is 0.568. The summed E-state index contributed by atoms with van der Waals surface area (Å²) in [6, 6.07) is 5.21. The number of hydrogen-bond donors (Lipinski definition) is 1. The average molecular weight is 207 g/mol. The first-order valence-electron chi connectivity index (χ1n) is 4.88. The third-order valence-electron chi connectivity index (χ3n) is 1.73. The first kappa shape index (κ1) is 11.6. The van der Waals surface area contributed by atoms with Gasteiger partial charge < -0.3 is 10.5 Å². The van der Waals surface area contributed by atoms with E-state index in [-0.39, 0.29) is 5.97 Å². The van der Waals surface area contributed by atoms with Gasteiger partial charge in [0, 0.05) is 5.69 Å². The molecule has 3 heteroatoms. The lowest BCUT2D eigenvalue weighted by Gasteiger charge is -2.19. The van der Waals surface area contributed by atoms with Crippen molar-refractivity contribution in [2.45, 2.75) is 33.3 Å². The molecule has 0 aliphatic heterocycles. The van der Waals surface area contributed by atoms with Gasteiger partial charge in [-0.15, -0.1) is 0 Å². The van der Waals surface area contributed by atoms with E-state index in [1.807, 2.05) is 33.8 Å². The summed E-state index contributed by atoms with van der Waals surface area (Å²) in [5.74, 6) is -0.335. The lowest BCUT2D eigenvalue weighted by molar-refractivity contribution is 0.00695. The van der Waals surface area contributed by atoms with Gasteiger partial charge in [-0.05, 0) is 51.5 Å². The summed E-state index contributed by atoms with van der Waals surface area (Å²) in [5, 5.41) is 0. The Labute approximate surface area is 90.2 Å². The maximum Gasteiger partial charge on any atom is 0.338 e. The average Bonchev–Trinajstić information content (AvgIpc) is 1.98. The number of esters is 1. The minimum absolute atomic E-state index is 0.335. The molecule has 0 aliphatic carbocycles. The summed E-state index contributed by atoms with van der Waals surface area (Å²) in [5.41, 5.74) is 7.21. The van der Waals surface area contributed by atoms with Crippen LogP contribution in [0, 0.1) is 6.92 Å². The minimum atomic E-state index is -0.477. The highest BCUT2D eigenvalue weighted by Crippen LogP contribution is 2.16. The molecular weight excluding hydrogens is 190 g/mol. The molecule has 82 valence electrons. The molecule has 0 saturated carbocycles. The van der Waals surface area contributed by atoms with Crippen LogP contribution >= 0.6 is 0 Å². The molecule has 0 amide bonds. The van der Waals surface area contributed by atoms with Gasteiger partial charge in [-0.25, -0.2) is 4.79 Å². The summed E-state index contributed by atoms with van der Waals surface area (Å²) in [6.07, 6.45) is 0. The van der Waals surface area contributed by atoms with Gasteiger partial charge >= 0.3 is 5.97 Å². The molecule has 0 spiro atoms. The van der Waals surface area contributed by atoms with Gasteiger partial charge in [0.2, 0.25) is 0 Å². The van der Waals surface area contributed by atoms with E-state index in [1.54, 1.807) is 12.1 Å². The summed E-state index contributed by atoms with van der Waals surface area (Å²) >= 11 is 0. The van der Waals surface area contributed by atoms with Gasteiger partial charge in [0.05, 0.1) is 5.56 Å². The molecule has 2 N–H and O–H groups in total. The Morgan fingerprint density at radius 2 is 1.87 bits per heavy atom. The highest BCUT2D eigenvalue weighted by atomic mass is 16.6. The summed E-state index contributed by atoms with van der Waals surface area (Å²) in [4.78, 5) is 11.7. The van der Waals surface area contributed by atoms with Crippen LogP contribution in [0.3, 0.4) is 0 Å². The largest absolute Gasteiger partial charge is 0.456 e. The smallest absolute Gasteiger partial charge is 0.338 e. The Bertz CT molecular complexity index is 357. The number of ether oxygens (including phenoxy) is 1. The van der Waals surface area contributed by atoms with Crippen molar-refractivity contribution < 1.29 is 9.53 Å². The number of nitrogens with two attached hydrogens (primary N) is 1. The highest BCUT2D eigenvalue weighted by molar-refractivity contribution is 5.91. The van der Waals surface area contributed by atoms with Crippen LogP contribution in [-0.2, 0) is 4.74 Å². The van der Waals surface area contributed by atoms with Crippen molar-refractivity contribution in [2.24, 2.45) is 0 Å². The monoisotopic (exact) mass is 207 g/mol. The Kier molecular flexibility index (Phi) is 3.03. The predicted octanol–water partition coefficient (Wildman–Crippen LogP) is 2.53. The Hall–Kier alpha value is -1.51. The van der Waals surface area contributed by atoms with Crippen LogP contribution in [0.4, 0.5) is 5.69 Å². The van der Waals surface area contributed by atoms with Crippen LogP contribution in [0.25, 0.3) is 0 Å². The lowest BCUT2D eigenvalue weighted by Crippen LogP contribution is -2.24. The molecule has 0 unspecified atom stereocenters. The zero-order valence-corrected chi connectivity index (χ0v) is 9.63. The van der Waals surface area contributed by atoms with Crippen LogP contribution < -0.4 is 5.73 Å². The zero-order chi connectivity index (χ0) is 11.6. The molecule has 1 aromatic carbocycles. The molecule has 0 aromatic heterocycles. The number of nitrogen functional groups attached to an aromatic ring is 1. The highest BCUT2D eigenvalue weighted by Gasteiger charge is 2.18. The van der Waals surface area contributed by atoms with Gasteiger partial charge in [-0.3, -0.25) is 0 Å². The van der Waals surface area contributed by atoms with E-state index in [1.165, 1.54) is 0 Å². The molecular formula is C12H17NO2. The second-order valence-corrected chi connectivity index (χ2v) is 4.63. The maximum atomic E-state index is 11.7. The fourth-order valence-corrected chi connectivity index (χ4v) is 1.27. The third-order valence-corrected chi connectivity index (χ3v) is 1.73. The SMILES string of the molecule is Cc1cc(N)cc(C(=O)OC(C)(C)C)c1. The fourth-order valence-electron chi connectivity index (χ4n) is 1.27. The summed E-state index contributed by atoms with van der Waals surface area (Å²) < 4.78 is 5.24. The van der Waals surface area contributed by atoms with Crippen molar-refractivity contribution in [3.05, 3.63) is 29.3 Å². The number of hydrogen-bond acceptors (Lipinski definition) is 3. The van der Waals surface area contributed by atoms with E-state index < -0.39 is 5.60 Å². The first-order valence-corrected chi connectivity index (χ1v) is 4.88. The van der Waals surface area contributed by atoms with Crippen LogP contribution in [0.15, 0.2) is 18.2 Å². The number of carbonyl (C=O) groups is 1. The molecule has 1 rings (SSSR count). The summed E-state index contributed by atoms with van der Waals surface area (Å²) in [7, 11) is 0. The molecule has 1 aromatic rings. The molecule has 0 saturated heterocycles. The van der Waals surface area contributed by atoms with Crippen molar-refractivity contribution >= 4 is 11.7 Å². The van der Waals surface area contributed by atoms with Crippen molar-refractivity contribution in [1.82, 2.24) is 0 Å². The van der Waals surface area contributed by atoms with E-state index in [0.717, 1.165) is 5.56 Å². The van der Waals surface area contributed by atoms with Crippen LogP contribution in [0.2, 0.25) is 0 Å². The van der Waals surface area contributed by atoms with Crippen molar-refractivity contribution in [2.75, 3.05) is 5.73 Å². The van der Waals surface area contributed by atoms with Crippen molar-refractivity contribution in [3.63, 3.8) is 0 Å². The number of anilines is 1. The van der Waals surface area contributed by atoms with Gasteiger partial charge in [0.1, 0.15) is 5.60 Å². The van der Waals surface area contributed by atoms with E-state index in [0.29, 0.717) is 11.3 Å². The van der Waals surface area contributed by atoms with Gasteiger partial charge in [0.15, 0.2) is 0 Å². The maximum absolute atomic E-state index is 11.7. The molecule has 0 heterocycles. The standard InChI is InChI=1S/C12H17NO2/c1-8-5-9(7-10(13)6-8)11(14)15-12(2,3)4/h5-7H,13H2,1-4H3. The Morgan fingerprint density at radius 1 is 1.27 bits per heavy atom. The van der Waals surface area contributed by atoms with E-state index in [2.05, 4.69) is 0 Å². The van der Waals surface area contributed by atoms with Crippen LogP contribution in [0.1, 0.15) is 36.7 Å². The number of rotatable bonds is 1. The molecule has 0 aliphatic rings. The van der Waals surface area contributed by atoms with E-state index >= 15 is 0 Å². The molecule has 0 atom stereocenters. The Morgan fingerprint density at radius 3 is 2.33 bits per heavy atom. The number of carbonyl (C=O) groups excluding carboxylic acids is 1. The second kappa shape index (κ2) is 3.93. The van der Waals surface area contributed by atoms with Crippen molar-refractivity contribution in [1.29, 1.82) is 0 Å². The normalized spacial score (nSPS) is 11.2. The molecule has 0 radical (unpaired) electrons. The second-order valence-electron chi connectivity index (χ2n) is 4.63. The van der Waals surface area contributed by atoms with Gasteiger partial charge in [-0.2, -0.15) is 0 Å². The summed E-state index contributed by atoms with van der Waals surface area (Å²) in [6.45, 7) is 7.41. The third kappa shape index (κ3) is 3.62. The first-order chi connectivity index (χ1) is 6.78. The van der Waals surface area contributed by atoms with Crippen LogP contribution in [-0.4, -0.2) is 11.6 Å². The molecule has 0 bridgehead atoms. The predicted molar refractivity (Wildman–Crippen MR) is 60.8 cm³/mol. The van der Waals surface area contributed by atoms with Gasteiger partial charge in [0.25, 0.3) is 0 Å². The molecule has 0 fully saturated rings. The number of benzene rings is 1. The minimum Gasteiger partial charge on any atom is -0.456 e. The molecule has 3 nitrogen and oxygen atoms in total. The molecule has 15 heavy (non-hydrogen) atoms. The van der Waals surface area contributed by atoms with Crippen LogP contribution in [0.5, 0.6) is 0 Å². The lowest BCUT2D eigenvalue weighted by atomic mass is 10.1. The topological polar surface area (TPSA) is 52.3 Å². The van der Waals surface area contributed by atoms with Gasteiger partial charge in [-0.1, -0.05) is 0 Å². The van der Waals surface area contributed by atoms with Crippen molar-refractivity contribution in [3.8, 4) is 0 Å². The van der Waals surface area contributed by atoms with E-state index in [9.17, 15) is 4.79 Å². The van der Waals surface area contributed by atoms with E-state index in [4.69, 9.17) is 10.5 Å². The zero-order valence-electron chi connectivity index (χ0n) is 9.63. The fraction of sp³-hybridized carbons (Fsp3) is 0.417.